The van der Waals surface area contributed by atoms with Gasteiger partial charge in [-0.3, -0.25) is 14.9 Å². The van der Waals surface area contributed by atoms with E-state index < -0.39 is 10.8 Å². The highest BCUT2D eigenvalue weighted by molar-refractivity contribution is 6.07. The molecule has 0 spiro atoms. The molecule has 7 nitrogen and oxygen atoms in total. The van der Waals surface area contributed by atoms with Crippen LogP contribution in [0.15, 0.2) is 30.3 Å². The molecule has 0 aromatic heterocycles. The molecular formula is C19H20N2O5. The molecule has 0 atom stereocenters. The molecule has 0 saturated heterocycles. The summed E-state index contributed by atoms with van der Waals surface area (Å²) in [4.78, 5) is 23.5. The van der Waals surface area contributed by atoms with Crippen LogP contribution in [0.25, 0.3) is 0 Å². The van der Waals surface area contributed by atoms with E-state index in [-0.39, 0.29) is 17.0 Å². The van der Waals surface area contributed by atoms with Gasteiger partial charge in [-0.25, -0.2) is 0 Å². The van der Waals surface area contributed by atoms with E-state index >= 15 is 0 Å². The van der Waals surface area contributed by atoms with E-state index in [0.717, 1.165) is 19.3 Å². The number of aryl methyl sites for hydroxylation is 2. The van der Waals surface area contributed by atoms with Gasteiger partial charge in [0.05, 0.1) is 24.7 Å². The maximum atomic E-state index is 12.7. The number of ether oxygens (including phenoxy) is 2. The van der Waals surface area contributed by atoms with E-state index in [0.29, 0.717) is 18.0 Å². The SMILES string of the molecule is CCOc1cc(C(=O)Nc2ccc3c(c2)CCC3)c([N+](=O)[O-])cc1OC. The third-order valence-corrected chi connectivity index (χ3v) is 4.38. The van der Waals surface area contributed by atoms with Gasteiger partial charge in [-0.15, -0.1) is 0 Å². The molecule has 3 rings (SSSR count). The number of nitro groups is 1. The van der Waals surface area contributed by atoms with Crippen molar-refractivity contribution in [3.05, 3.63) is 57.1 Å². The fourth-order valence-electron chi connectivity index (χ4n) is 3.16. The molecule has 0 unspecified atom stereocenters. The number of hydrogen-bond acceptors (Lipinski definition) is 5. The number of carbonyl (C=O) groups excluding carboxylic acids is 1. The van der Waals surface area contributed by atoms with E-state index in [1.54, 1.807) is 6.92 Å². The Morgan fingerprint density at radius 3 is 2.65 bits per heavy atom. The van der Waals surface area contributed by atoms with Crippen molar-refractivity contribution < 1.29 is 19.2 Å². The number of nitrogens with zero attached hydrogens (tertiary/aromatic N) is 1. The molecule has 26 heavy (non-hydrogen) atoms. The Morgan fingerprint density at radius 2 is 1.96 bits per heavy atom. The molecule has 0 radical (unpaired) electrons. The number of rotatable bonds is 6. The van der Waals surface area contributed by atoms with Crippen LogP contribution in [0.2, 0.25) is 0 Å². The Morgan fingerprint density at radius 1 is 1.19 bits per heavy atom. The number of methoxy groups -OCH3 is 1. The molecule has 0 fully saturated rings. The van der Waals surface area contributed by atoms with Gasteiger partial charge in [0.25, 0.3) is 11.6 Å². The fourth-order valence-corrected chi connectivity index (χ4v) is 3.16. The van der Waals surface area contributed by atoms with Gasteiger partial charge in [0, 0.05) is 11.8 Å². The van der Waals surface area contributed by atoms with Crippen LogP contribution < -0.4 is 14.8 Å². The average Bonchev–Trinajstić information content (AvgIpc) is 3.09. The number of anilines is 1. The minimum absolute atomic E-state index is 0.0697. The van der Waals surface area contributed by atoms with E-state index in [4.69, 9.17) is 9.47 Å². The van der Waals surface area contributed by atoms with E-state index in [9.17, 15) is 14.9 Å². The highest BCUT2D eigenvalue weighted by Crippen LogP contribution is 2.35. The number of benzene rings is 2. The van der Waals surface area contributed by atoms with E-state index in [1.807, 2.05) is 18.2 Å². The predicted molar refractivity (Wildman–Crippen MR) is 97.2 cm³/mol. The molecular weight excluding hydrogens is 336 g/mol. The largest absolute Gasteiger partial charge is 0.493 e. The summed E-state index contributed by atoms with van der Waals surface area (Å²) in [6.45, 7) is 2.13. The van der Waals surface area contributed by atoms with Crippen LogP contribution in [0.3, 0.4) is 0 Å². The molecule has 136 valence electrons. The summed E-state index contributed by atoms with van der Waals surface area (Å²) < 4.78 is 10.6. The number of nitrogens with one attached hydrogen (secondary N) is 1. The molecule has 2 aromatic carbocycles. The van der Waals surface area contributed by atoms with Crippen molar-refractivity contribution >= 4 is 17.3 Å². The zero-order valence-corrected chi connectivity index (χ0v) is 14.7. The fraction of sp³-hybridized carbons (Fsp3) is 0.316. The zero-order valence-electron chi connectivity index (χ0n) is 14.7. The summed E-state index contributed by atoms with van der Waals surface area (Å²) >= 11 is 0. The van der Waals surface area contributed by atoms with Gasteiger partial charge in [-0.2, -0.15) is 0 Å². The second kappa shape index (κ2) is 7.43. The summed E-state index contributed by atoms with van der Waals surface area (Å²) in [5, 5.41) is 14.1. The summed E-state index contributed by atoms with van der Waals surface area (Å²) in [5.41, 5.74) is 2.72. The van der Waals surface area contributed by atoms with Crippen LogP contribution in [0.1, 0.15) is 34.8 Å². The van der Waals surface area contributed by atoms with Gasteiger partial charge in [0.15, 0.2) is 11.5 Å². The van der Waals surface area contributed by atoms with Gasteiger partial charge in [0.1, 0.15) is 5.56 Å². The van der Waals surface area contributed by atoms with Gasteiger partial charge in [-0.1, -0.05) is 6.07 Å². The summed E-state index contributed by atoms with van der Waals surface area (Å²) in [6.07, 6.45) is 3.13. The van der Waals surface area contributed by atoms with Crippen LogP contribution in [0, 0.1) is 10.1 Å². The first-order chi connectivity index (χ1) is 12.5. The lowest BCUT2D eigenvalue weighted by atomic mass is 10.1. The van der Waals surface area contributed by atoms with Crippen LogP contribution in [-0.2, 0) is 12.8 Å². The molecule has 7 heteroatoms. The number of hydrogen-bond donors (Lipinski definition) is 1. The second-order valence-corrected chi connectivity index (χ2v) is 6.00. The van der Waals surface area contributed by atoms with Crippen molar-refractivity contribution in [3.63, 3.8) is 0 Å². The smallest absolute Gasteiger partial charge is 0.286 e. The summed E-state index contributed by atoms with van der Waals surface area (Å²) in [6, 6.07) is 8.30. The minimum Gasteiger partial charge on any atom is -0.493 e. The molecule has 1 N–H and O–H groups in total. The molecule has 1 aliphatic carbocycles. The van der Waals surface area contributed by atoms with Crippen LogP contribution in [0.4, 0.5) is 11.4 Å². The maximum Gasteiger partial charge on any atom is 0.286 e. The molecule has 1 amide bonds. The number of nitro benzene ring substituents is 1. The summed E-state index contributed by atoms with van der Waals surface area (Å²) in [7, 11) is 1.39. The lowest BCUT2D eigenvalue weighted by Crippen LogP contribution is -2.15. The van der Waals surface area contributed by atoms with E-state index in [2.05, 4.69) is 5.32 Å². The van der Waals surface area contributed by atoms with Crippen LogP contribution >= 0.6 is 0 Å². The first-order valence-electron chi connectivity index (χ1n) is 8.45. The third kappa shape index (κ3) is 3.46. The van der Waals surface area contributed by atoms with Crippen molar-refractivity contribution in [3.8, 4) is 11.5 Å². The van der Waals surface area contributed by atoms with Crippen molar-refractivity contribution in [1.82, 2.24) is 0 Å². The topological polar surface area (TPSA) is 90.7 Å². The maximum absolute atomic E-state index is 12.7. The molecule has 2 aromatic rings. The average molecular weight is 356 g/mol. The second-order valence-electron chi connectivity index (χ2n) is 6.00. The Hall–Kier alpha value is -3.09. The lowest BCUT2D eigenvalue weighted by molar-refractivity contribution is -0.385. The Kier molecular flexibility index (Phi) is 5.06. The number of carbonyl (C=O) groups is 1. The van der Waals surface area contributed by atoms with Gasteiger partial charge >= 0.3 is 0 Å². The first-order valence-corrected chi connectivity index (χ1v) is 8.45. The van der Waals surface area contributed by atoms with Crippen LogP contribution in [0.5, 0.6) is 11.5 Å². The van der Waals surface area contributed by atoms with Gasteiger partial charge < -0.3 is 14.8 Å². The first kappa shape index (κ1) is 17.7. The number of fused-ring (bicyclic) bond motifs is 1. The Balaban J connectivity index is 1.94. The molecule has 0 saturated carbocycles. The molecule has 0 bridgehead atoms. The Labute approximate surface area is 151 Å². The minimum atomic E-state index is -0.601. The zero-order chi connectivity index (χ0) is 18.7. The monoisotopic (exact) mass is 356 g/mol. The Bertz CT molecular complexity index is 863. The molecule has 1 aliphatic rings. The number of amides is 1. The third-order valence-electron chi connectivity index (χ3n) is 4.38. The molecule has 0 heterocycles. The summed E-state index contributed by atoms with van der Waals surface area (Å²) in [5.74, 6) is -0.0504. The van der Waals surface area contributed by atoms with Crippen molar-refractivity contribution in [2.75, 3.05) is 19.0 Å². The van der Waals surface area contributed by atoms with Crippen molar-refractivity contribution in [1.29, 1.82) is 0 Å². The normalized spacial score (nSPS) is 12.4. The van der Waals surface area contributed by atoms with Crippen LogP contribution in [-0.4, -0.2) is 24.5 Å². The van der Waals surface area contributed by atoms with Gasteiger partial charge in [0.2, 0.25) is 0 Å². The molecule has 0 aliphatic heterocycles. The van der Waals surface area contributed by atoms with Crippen molar-refractivity contribution in [2.45, 2.75) is 26.2 Å². The van der Waals surface area contributed by atoms with Crippen molar-refractivity contribution in [2.24, 2.45) is 0 Å². The van der Waals surface area contributed by atoms with E-state index in [1.165, 1.54) is 30.4 Å². The highest BCUT2D eigenvalue weighted by Gasteiger charge is 2.25. The van der Waals surface area contributed by atoms with Gasteiger partial charge in [-0.05, 0) is 49.4 Å². The lowest BCUT2D eigenvalue weighted by Gasteiger charge is -2.12. The highest BCUT2D eigenvalue weighted by atomic mass is 16.6. The quantitative estimate of drug-likeness (QED) is 0.629. The predicted octanol–water partition coefficient (Wildman–Crippen LogP) is 3.74. The standard InChI is InChI=1S/C19H20N2O5/c1-3-26-18-10-15(16(21(23)24)11-17(18)25-2)19(22)20-14-8-7-12-5-4-6-13(12)9-14/h7-11H,3-6H2,1-2H3,(H,20,22).